The van der Waals surface area contributed by atoms with Crippen LogP contribution in [-0.2, 0) is 11.0 Å². The maximum Gasteiger partial charge on any atom is 0.417 e. The third kappa shape index (κ3) is 3.19. The summed E-state index contributed by atoms with van der Waals surface area (Å²) < 4.78 is 38.6. The molecule has 3 fully saturated rings. The molecule has 2 N–H and O–H groups in total. The summed E-state index contributed by atoms with van der Waals surface area (Å²) in [6.07, 6.45) is -0.348. The molecule has 7 nitrogen and oxygen atoms in total. The van der Waals surface area contributed by atoms with Gasteiger partial charge in [-0.3, -0.25) is 9.80 Å². The number of nitrogens with one attached hydrogen (secondary N) is 2. The van der Waals surface area contributed by atoms with Gasteiger partial charge in [-0.1, -0.05) is 0 Å². The van der Waals surface area contributed by atoms with Gasteiger partial charge in [0.05, 0.1) is 18.2 Å². The Morgan fingerprint density at radius 2 is 2.07 bits per heavy atom. The molecule has 29 heavy (non-hydrogen) atoms. The molecule has 0 aliphatic carbocycles. The largest absolute Gasteiger partial charge is 0.417 e. The lowest BCUT2D eigenvalue weighted by Crippen LogP contribution is -2.50. The van der Waals surface area contributed by atoms with Gasteiger partial charge in [0.1, 0.15) is 12.1 Å². The van der Waals surface area contributed by atoms with Crippen LogP contribution >= 0.6 is 0 Å². The van der Waals surface area contributed by atoms with Gasteiger partial charge in [-0.15, -0.1) is 0 Å². The normalized spacial score (nSPS) is 32.2. The zero-order valence-electron chi connectivity index (χ0n) is 15.8. The van der Waals surface area contributed by atoms with E-state index in [1.165, 1.54) is 11.8 Å². The van der Waals surface area contributed by atoms with E-state index in [9.17, 15) is 18.0 Å². The number of piperazine rings is 1. The molecule has 3 saturated heterocycles. The van der Waals surface area contributed by atoms with Crippen LogP contribution in [0.2, 0.25) is 0 Å². The summed E-state index contributed by atoms with van der Waals surface area (Å²) in [7, 11) is 0. The minimum Gasteiger partial charge on any atom is -0.349 e. The minimum absolute atomic E-state index is 0.0986. The van der Waals surface area contributed by atoms with Crippen LogP contribution in [0.15, 0.2) is 30.1 Å². The summed E-state index contributed by atoms with van der Waals surface area (Å²) in [5, 5.41) is 0. The minimum atomic E-state index is -4.39. The quantitative estimate of drug-likeness (QED) is 0.702. The molecular weight excluding hydrogens is 385 g/mol. The molecule has 1 aromatic heterocycles. The number of carbonyl (C=O) groups excluding carboxylic acids is 1. The smallest absolute Gasteiger partial charge is 0.349 e. The number of anilines is 1. The second-order valence-corrected chi connectivity index (χ2v) is 8.12. The molecule has 10 heteroatoms. The maximum absolute atomic E-state index is 12.9. The highest BCUT2D eigenvalue weighted by atomic mass is 19.4. The molecule has 0 radical (unpaired) electrons. The number of rotatable bonds is 4. The average molecular weight is 408 g/mol. The van der Waals surface area contributed by atoms with E-state index < -0.39 is 11.7 Å². The molecule has 0 spiro atoms. The van der Waals surface area contributed by atoms with Crippen LogP contribution in [0.4, 0.5) is 19.0 Å². The number of likely N-dealkylation sites (tertiary alicyclic amines) is 1. The molecule has 0 amide bonds. The molecule has 0 aromatic carbocycles. The Hall–Kier alpha value is -2.17. The molecule has 1 aromatic rings. The second-order valence-electron chi connectivity index (χ2n) is 8.12. The first-order valence-electron chi connectivity index (χ1n) is 9.86. The lowest BCUT2D eigenvalue weighted by Gasteiger charge is -2.36. The molecule has 5 heterocycles. The molecule has 4 aliphatic rings. The fourth-order valence-corrected chi connectivity index (χ4v) is 5.26. The number of alkyl halides is 3. The lowest BCUT2D eigenvalue weighted by atomic mass is 9.98. The Morgan fingerprint density at radius 3 is 2.79 bits per heavy atom. The summed E-state index contributed by atoms with van der Waals surface area (Å²) in [6, 6.07) is 3.03. The van der Waals surface area contributed by atoms with Crippen molar-refractivity contribution in [3.63, 3.8) is 0 Å². The highest BCUT2D eigenvalue weighted by Crippen LogP contribution is 2.39. The van der Waals surface area contributed by atoms with Gasteiger partial charge >= 0.3 is 6.18 Å². The fourth-order valence-electron chi connectivity index (χ4n) is 5.26. The van der Waals surface area contributed by atoms with Gasteiger partial charge in [-0.25, -0.2) is 10.4 Å². The van der Waals surface area contributed by atoms with Crippen molar-refractivity contribution in [1.82, 2.24) is 25.6 Å². The molecule has 5 rings (SSSR count). The van der Waals surface area contributed by atoms with Gasteiger partial charge in [0.2, 0.25) is 0 Å². The number of carbonyl (C=O) groups is 1. The van der Waals surface area contributed by atoms with E-state index in [1.54, 1.807) is 0 Å². The van der Waals surface area contributed by atoms with Crippen LogP contribution in [0.3, 0.4) is 0 Å². The second kappa shape index (κ2) is 6.96. The number of halogens is 3. The summed E-state index contributed by atoms with van der Waals surface area (Å²) in [5.74, 6) is 0.986. The topological polar surface area (TPSA) is 63.7 Å². The standard InChI is InChI=1S/C19H23F3N6O/c20-19(21,22)13-1-2-17(23-8-13)28-11-15-18(16(28)10-26(15)5-6-29)27-4-3-14-12(9-27)7-24-25-14/h1-3,6,8,12,15-16,18,24-25H,4-5,7,9-11H2. The van der Waals surface area contributed by atoms with Gasteiger partial charge in [0.15, 0.2) is 0 Å². The first kappa shape index (κ1) is 18.8. The zero-order valence-corrected chi connectivity index (χ0v) is 15.8. The first-order valence-corrected chi connectivity index (χ1v) is 9.86. The summed E-state index contributed by atoms with van der Waals surface area (Å²) in [6.45, 7) is 4.38. The van der Waals surface area contributed by atoms with Crippen LogP contribution in [0.5, 0.6) is 0 Å². The zero-order chi connectivity index (χ0) is 20.2. The molecule has 4 atom stereocenters. The predicted molar refractivity (Wildman–Crippen MR) is 99.9 cm³/mol. The molecule has 0 saturated carbocycles. The third-order valence-electron chi connectivity index (χ3n) is 6.58. The van der Waals surface area contributed by atoms with E-state index >= 15 is 0 Å². The average Bonchev–Trinajstić information content (AvgIpc) is 3.39. The van der Waals surface area contributed by atoms with E-state index in [0.29, 0.717) is 31.4 Å². The SMILES string of the molecule is O=CCN1CC2C(N3CC=C4NNCC4C3)C1CN2c1ccc(C(F)(F)F)cn1. The van der Waals surface area contributed by atoms with E-state index in [-0.39, 0.29) is 18.1 Å². The van der Waals surface area contributed by atoms with E-state index in [2.05, 4.69) is 36.6 Å². The van der Waals surface area contributed by atoms with E-state index in [4.69, 9.17) is 0 Å². The number of hydrogen-bond acceptors (Lipinski definition) is 7. The fraction of sp³-hybridized carbons (Fsp3) is 0.579. The van der Waals surface area contributed by atoms with Crippen molar-refractivity contribution >= 4 is 12.1 Å². The Labute approximate surface area is 166 Å². The lowest BCUT2D eigenvalue weighted by molar-refractivity contribution is -0.137. The van der Waals surface area contributed by atoms with Crippen molar-refractivity contribution in [1.29, 1.82) is 0 Å². The van der Waals surface area contributed by atoms with Crippen LogP contribution in [0.1, 0.15) is 5.56 Å². The van der Waals surface area contributed by atoms with Crippen molar-refractivity contribution in [2.45, 2.75) is 24.3 Å². The van der Waals surface area contributed by atoms with Crippen LogP contribution < -0.4 is 15.8 Å². The summed E-state index contributed by atoms with van der Waals surface area (Å²) in [5.41, 5.74) is 6.88. The van der Waals surface area contributed by atoms with Gasteiger partial charge < -0.3 is 15.1 Å². The van der Waals surface area contributed by atoms with E-state index in [0.717, 1.165) is 38.2 Å². The van der Waals surface area contributed by atoms with Crippen molar-refractivity contribution in [2.24, 2.45) is 5.92 Å². The highest BCUT2D eigenvalue weighted by molar-refractivity contribution is 5.54. The number of pyridine rings is 1. The number of aldehydes is 1. The first-order chi connectivity index (χ1) is 14.0. The Morgan fingerprint density at radius 1 is 1.21 bits per heavy atom. The monoisotopic (exact) mass is 408 g/mol. The molecule has 2 bridgehead atoms. The molecule has 4 unspecified atom stereocenters. The van der Waals surface area contributed by atoms with Gasteiger partial charge in [-0.2, -0.15) is 13.2 Å². The van der Waals surface area contributed by atoms with Crippen molar-refractivity contribution in [3.8, 4) is 0 Å². The molecule has 4 aliphatic heterocycles. The number of nitrogens with zero attached hydrogens (tertiary/aromatic N) is 4. The number of aromatic nitrogens is 1. The maximum atomic E-state index is 12.9. The van der Waals surface area contributed by atoms with Crippen molar-refractivity contribution < 1.29 is 18.0 Å². The summed E-state index contributed by atoms with van der Waals surface area (Å²) in [4.78, 5) is 22.0. The number of fused-ring (bicyclic) bond motifs is 3. The van der Waals surface area contributed by atoms with Crippen LogP contribution in [-0.4, -0.2) is 78.5 Å². The Bertz CT molecular complexity index is 813. The Balaban J connectivity index is 1.39. The highest BCUT2D eigenvalue weighted by Gasteiger charge is 2.54. The van der Waals surface area contributed by atoms with Gasteiger partial charge in [0.25, 0.3) is 0 Å². The van der Waals surface area contributed by atoms with Crippen LogP contribution in [0, 0.1) is 5.92 Å². The summed E-state index contributed by atoms with van der Waals surface area (Å²) >= 11 is 0. The number of hydrogen-bond donors (Lipinski definition) is 2. The van der Waals surface area contributed by atoms with Gasteiger partial charge in [0, 0.05) is 62.6 Å². The molecule has 156 valence electrons. The number of hydrazine groups is 1. The molecular formula is C19H23F3N6O. The third-order valence-corrected chi connectivity index (χ3v) is 6.58. The van der Waals surface area contributed by atoms with E-state index in [1.807, 2.05) is 0 Å². The van der Waals surface area contributed by atoms with Crippen molar-refractivity contribution in [3.05, 3.63) is 35.7 Å². The van der Waals surface area contributed by atoms with Gasteiger partial charge in [-0.05, 0) is 18.2 Å². The Kier molecular flexibility index (Phi) is 4.52. The predicted octanol–water partition coefficient (Wildman–Crippen LogP) is 0.464. The van der Waals surface area contributed by atoms with Crippen molar-refractivity contribution in [2.75, 3.05) is 44.2 Å². The van der Waals surface area contributed by atoms with Crippen LogP contribution in [0.25, 0.3) is 0 Å².